The van der Waals surface area contributed by atoms with E-state index >= 15 is 0 Å². The Bertz CT molecular complexity index is 862. The largest absolute Gasteiger partial charge is 0.338 e. The smallest absolute Gasteiger partial charge is 0.269 e. The van der Waals surface area contributed by atoms with E-state index in [1.807, 2.05) is 29.6 Å². The Labute approximate surface area is 175 Å². The van der Waals surface area contributed by atoms with Crippen LogP contribution < -0.4 is 10.9 Å². The number of hydrogen-bond acceptors (Lipinski definition) is 4. The molecule has 1 aromatic carbocycles. The minimum atomic E-state index is -0.343. The summed E-state index contributed by atoms with van der Waals surface area (Å²) >= 11 is 1.43. The van der Waals surface area contributed by atoms with Crippen molar-refractivity contribution < 1.29 is 14.4 Å². The molecule has 0 bridgehead atoms. The highest BCUT2D eigenvalue weighted by atomic mass is 32.1. The number of amides is 3. The Kier molecular flexibility index (Phi) is 6.37. The van der Waals surface area contributed by atoms with E-state index in [2.05, 4.69) is 31.6 Å². The zero-order valence-corrected chi connectivity index (χ0v) is 17.8. The molecule has 29 heavy (non-hydrogen) atoms. The Hall–Kier alpha value is -2.67. The van der Waals surface area contributed by atoms with Crippen LogP contribution >= 0.6 is 11.3 Å². The lowest BCUT2D eigenvalue weighted by atomic mass is 9.87. The number of piperidine rings is 1. The minimum Gasteiger partial charge on any atom is -0.338 e. The molecular weight excluding hydrogens is 386 g/mol. The molecule has 0 atom stereocenters. The van der Waals surface area contributed by atoms with Crippen LogP contribution in [0, 0.1) is 5.92 Å². The molecule has 3 amide bonds. The normalized spacial score (nSPS) is 15.1. The van der Waals surface area contributed by atoms with Crippen molar-refractivity contribution in [3.8, 4) is 0 Å². The average molecular weight is 414 g/mol. The summed E-state index contributed by atoms with van der Waals surface area (Å²) in [5.74, 6) is -0.756. The standard InChI is InChI=1S/C22H27N3O3S/c1-22(2,3)17-8-6-15(7-9-17)19(26)23-24-20(27)16-10-12-25(13-11-16)21(28)18-5-4-14-29-18/h4-9,14,16H,10-13H2,1-3H3,(H,23,26)(H,24,27). The third-order valence-electron chi connectivity index (χ3n) is 5.20. The van der Waals surface area contributed by atoms with Crippen LogP contribution in [0.1, 0.15) is 59.2 Å². The number of carbonyl (C=O) groups excluding carboxylic acids is 3. The van der Waals surface area contributed by atoms with Crippen LogP contribution in [0.5, 0.6) is 0 Å². The number of carbonyl (C=O) groups is 3. The molecule has 0 radical (unpaired) electrons. The summed E-state index contributed by atoms with van der Waals surface area (Å²) in [6.07, 6.45) is 1.16. The van der Waals surface area contributed by atoms with Gasteiger partial charge in [0.2, 0.25) is 5.91 Å². The average Bonchev–Trinajstić information content (AvgIpc) is 3.25. The van der Waals surface area contributed by atoms with E-state index in [0.29, 0.717) is 31.5 Å². The van der Waals surface area contributed by atoms with Crippen molar-refractivity contribution in [3.05, 3.63) is 57.8 Å². The van der Waals surface area contributed by atoms with Crippen LogP contribution in [0.3, 0.4) is 0 Å². The SMILES string of the molecule is CC(C)(C)c1ccc(C(=O)NNC(=O)C2CCN(C(=O)c3cccs3)CC2)cc1. The van der Waals surface area contributed by atoms with Crippen molar-refractivity contribution in [1.29, 1.82) is 0 Å². The molecule has 2 aromatic rings. The van der Waals surface area contributed by atoms with Gasteiger partial charge in [0, 0.05) is 24.6 Å². The van der Waals surface area contributed by atoms with Gasteiger partial charge >= 0.3 is 0 Å². The number of nitrogens with one attached hydrogen (secondary N) is 2. The van der Waals surface area contributed by atoms with Gasteiger partial charge in [0.15, 0.2) is 0 Å². The van der Waals surface area contributed by atoms with Crippen LogP contribution in [-0.4, -0.2) is 35.7 Å². The Morgan fingerprint density at radius 3 is 2.21 bits per heavy atom. The highest BCUT2D eigenvalue weighted by molar-refractivity contribution is 7.12. The molecule has 2 N–H and O–H groups in total. The lowest BCUT2D eigenvalue weighted by Crippen LogP contribution is -2.48. The second-order valence-electron chi connectivity index (χ2n) is 8.31. The first-order valence-electron chi connectivity index (χ1n) is 9.79. The van der Waals surface area contributed by atoms with Gasteiger partial charge < -0.3 is 4.90 Å². The van der Waals surface area contributed by atoms with Crippen LogP contribution in [0.2, 0.25) is 0 Å². The molecule has 1 aromatic heterocycles. The van der Waals surface area contributed by atoms with E-state index in [4.69, 9.17) is 0 Å². The predicted molar refractivity (Wildman–Crippen MR) is 114 cm³/mol. The predicted octanol–water partition coefficient (Wildman–Crippen LogP) is 3.36. The van der Waals surface area contributed by atoms with E-state index in [1.54, 1.807) is 17.0 Å². The van der Waals surface area contributed by atoms with Crippen molar-refractivity contribution in [2.75, 3.05) is 13.1 Å². The number of hydrogen-bond donors (Lipinski definition) is 2. The highest BCUT2D eigenvalue weighted by Crippen LogP contribution is 2.22. The molecule has 3 rings (SSSR count). The quantitative estimate of drug-likeness (QED) is 0.758. The summed E-state index contributed by atoms with van der Waals surface area (Å²) in [6.45, 7) is 7.42. The van der Waals surface area contributed by atoms with Gasteiger partial charge in [-0.25, -0.2) is 0 Å². The Morgan fingerprint density at radius 2 is 1.66 bits per heavy atom. The first kappa shape index (κ1) is 21.0. The summed E-state index contributed by atoms with van der Waals surface area (Å²) in [7, 11) is 0. The Balaban J connectivity index is 1.46. The zero-order chi connectivity index (χ0) is 21.0. The van der Waals surface area contributed by atoms with Gasteiger partial charge in [-0.15, -0.1) is 11.3 Å². The fourth-order valence-corrected chi connectivity index (χ4v) is 4.01. The second-order valence-corrected chi connectivity index (χ2v) is 9.26. The van der Waals surface area contributed by atoms with E-state index < -0.39 is 0 Å². The first-order chi connectivity index (χ1) is 13.8. The fourth-order valence-electron chi connectivity index (χ4n) is 3.32. The molecule has 0 saturated carbocycles. The van der Waals surface area contributed by atoms with Crippen molar-refractivity contribution in [2.45, 2.75) is 39.0 Å². The van der Waals surface area contributed by atoms with Gasteiger partial charge in [-0.1, -0.05) is 39.0 Å². The maximum Gasteiger partial charge on any atom is 0.269 e. The van der Waals surface area contributed by atoms with E-state index in [9.17, 15) is 14.4 Å². The molecule has 0 aliphatic carbocycles. The molecule has 0 unspecified atom stereocenters. The van der Waals surface area contributed by atoms with Crippen LogP contribution in [-0.2, 0) is 10.2 Å². The van der Waals surface area contributed by atoms with E-state index in [-0.39, 0.29) is 29.1 Å². The topological polar surface area (TPSA) is 78.5 Å². The van der Waals surface area contributed by atoms with Gasteiger partial charge in [0.1, 0.15) is 0 Å². The molecule has 7 heteroatoms. The number of likely N-dealkylation sites (tertiary alicyclic amines) is 1. The summed E-state index contributed by atoms with van der Waals surface area (Å²) in [6, 6.07) is 11.1. The molecular formula is C22H27N3O3S. The number of nitrogens with zero attached hydrogens (tertiary/aromatic N) is 1. The van der Waals surface area contributed by atoms with E-state index in [1.165, 1.54) is 11.3 Å². The molecule has 1 saturated heterocycles. The van der Waals surface area contributed by atoms with Gasteiger partial charge in [0.25, 0.3) is 11.8 Å². The minimum absolute atomic E-state index is 0.0168. The second kappa shape index (κ2) is 8.78. The molecule has 154 valence electrons. The fraction of sp³-hybridized carbons (Fsp3) is 0.409. The van der Waals surface area contributed by atoms with Crippen molar-refractivity contribution in [3.63, 3.8) is 0 Å². The summed E-state index contributed by atoms with van der Waals surface area (Å²) in [5, 5.41) is 1.88. The van der Waals surface area contributed by atoms with Crippen molar-refractivity contribution in [2.24, 2.45) is 5.92 Å². The lowest BCUT2D eigenvalue weighted by Gasteiger charge is -2.31. The maximum atomic E-state index is 12.4. The maximum absolute atomic E-state index is 12.4. The molecule has 1 fully saturated rings. The number of hydrazine groups is 1. The third-order valence-corrected chi connectivity index (χ3v) is 6.06. The number of thiophene rings is 1. The van der Waals surface area contributed by atoms with Crippen molar-refractivity contribution in [1.82, 2.24) is 15.8 Å². The van der Waals surface area contributed by atoms with Gasteiger partial charge in [-0.05, 0) is 47.4 Å². The van der Waals surface area contributed by atoms with Gasteiger partial charge in [-0.3, -0.25) is 25.2 Å². The van der Waals surface area contributed by atoms with E-state index in [0.717, 1.165) is 10.4 Å². The van der Waals surface area contributed by atoms with Gasteiger partial charge in [0.05, 0.1) is 4.88 Å². The first-order valence-corrected chi connectivity index (χ1v) is 10.7. The summed E-state index contributed by atoms with van der Waals surface area (Å²) < 4.78 is 0. The van der Waals surface area contributed by atoms with Crippen LogP contribution in [0.15, 0.2) is 41.8 Å². The van der Waals surface area contributed by atoms with Crippen LogP contribution in [0.25, 0.3) is 0 Å². The molecule has 1 aliphatic heterocycles. The molecule has 6 nitrogen and oxygen atoms in total. The molecule has 2 heterocycles. The van der Waals surface area contributed by atoms with Crippen molar-refractivity contribution >= 4 is 29.1 Å². The molecule has 1 aliphatic rings. The summed E-state index contributed by atoms with van der Waals surface area (Å²) in [4.78, 5) is 39.6. The monoisotopic (exact) mass is 413 g/mol. The lowest BCUT2D eigenvalue weighted by molar-refractivity contribution is -0.127. The summed E-state index contributed by atoms with van der Waals surface area (Å²) in [5.41, 5.74) is 6.67. The number of benzene rings is 1. The zero-order valence-electron chi connectivity index (χ0n) is 17.0. The molecule has 0 spiro atoms. The van der Waals surface area contributed by atoms with Gasteiger partial charge in [-0.2, -0.15) is 0 Å². The number of rotatable bonds is 3. The van der Waals surface area contributed by atoms with Crippen LogP contribution in [0.4, 0.5) is 0 Å². The highest BCUT2D eigenvalue weighted by Gasteiger charge is 2.28. The third kappa shape index (κ3) is 5.23. The Morgan fingerprint density at radius 1 is 1.00 bits per heavy atom.